The van der Waals surface area contributed by atoms with Gasteiger partial charge >= 0.3 is 0 Å². The topological polar surface area (TPSA) is 237 Å². The first kappa shape index (κ1) is 102. The minimum atomic E-state index is -2.55. The predicted molar refractivity (Wildman–Crippen MR) is 505 cm³/mol. The molecule has 0 aromatic heterocycles. The van der Waals surface area contributed by atoms with Crippen LogP contribution >= 0.6 is 30.4 Å². The van der Waals surface area contributed by atoms with Crippen LogP contribution < -0.4 is 0 Å². The average molecular weight is 1700 g/mol. The van der Waals surface area contributed by atoms with Crippen LogP contribution in [0.15, 0.2) is 344 Å². The maximum atomic E-state index is 11.7. The molecule has 1 unspecified atom stereocenters. The molecule has 0 N–H and O–H groups in total. The Hall–Kier alpha value is -12.3. The van der Waals surface area contributed by atoms with Crippen molar-refractivity contribution in [1.29, 1.82) is 31.6 Å². The molecule has 616 valence electrons. The Morgan fingerprint density at radius 3 is 1.07 bits per heavy atom. The Morgan fingerprint density at radius 2 is 0.758 bits per heavy atom. The number of carbonyl (C=O) groups excluding carboxylic acids is 3. The summed E-state index contributed by atoms with van der Waals surface area (Å²) in [7, 11) is -4.69. The number of carbonyl (C=O) groups is 3. The molecule has 4 aliphatic rings. The minimum absolute atomic E-state index is 0.0147. The van der Waals surface area contributed by atoms with Crippen molar-refractivity contribution in [2.45, 2.75) is 124 Å². The number of hydrogen-bond acceptors (Lipinski definition) is 12. The monoisotopic (exact) mass is 1690 g/mol. The van der Waals surface area contributed by atoms with Gasteiger partial charge in [0.1, 0.15) is 18.7 Å². The van der Waals surface area contributed by atoms with Gasteiger partial charge < -0.3 is 9.09 Å². The lowest BCUT2D eigenvalue weighted by molar-refractivity contribution is -0.105. The zero-order chi connectivity index (χ0) is 87.4. The molecule has 1 atom stereocenters. The molecular weight excluding hydrogens is 1580 g/mol. The molecule has 0 fully saturated rings. The van der Waals surface area contributed by atoms with Gasteiger partial charge in [-0.2, -0.15) is 31.6 Å². The van der Waals surface area contributed by atoms with Crippen LogP contribution in [0.1, 0.15) is 167 Å². The van der Waals surface area contributed by atoms with Gasteiger partial charge in [-0.15, -0.1) is 0 Å². The van der Waals surface area contributed by atoms with Crippen LogP contribution in [-0.4, -0.2) is 62.6 Å². The zero-order valence-electron chi connectivity index (χ0n) is 70.3. The number of benzene rings is 7. The molecule has 0 bridgehead atoms. The molecule has 0 aliphatic heterocycles. The maximum Gasteiger partial charge on any atom is 0.213 e. The van der Waals surface area contributed by atoms with Crippen molar-refractivity contribution in [1.82, 2.24) is 0 Å². The van der Waals surface area contributed by atoms with Gasteiger partial charge in [0, 0.05) is 54.1 Å². The number of halogens is 1. The van der Waals surface area contributed by atoms with E-state index in [-0.39, 0.29) is 11.9 Å². The van der Waals surface area contributed by atoms with Crippen molar-refractivity contribution in [2.75, 3.05) is 44.3 Å². The van der Waals surface area contributed by atoms with Gasteiger partial charge in [-0.05, 0) is 215 Å². The summed E-state index contributed by atoms with van der Waals surface area (Å²) < 4.78 is 27.5. The predicted octanol–water partition coefficient (Wildman–Crippen LogP) is 28.0. The molecule has 4 aliphatic carbocycles. The third kappa shape index (κ3) is 47.8. The van der Waals surface area contributed by atoms with Crippen LogP contribution in [-0.2, 0) is 23.2 Å². The summed E-state index contributed by atoms with van der Waals surface area (Å²) in [6, 6.07) is 80.8. The normalized spacial score (nSPS) is 14.5. The van der Waals surface area contributed by atoms with E-state index in [0.717, 1.165) is 111 Å². The Morgan fingerprint density at radius 1 is 0.417 bits per heavy atom. The number of nitriles is 6. The molecule has 0 heterocycles. The van der Waals surface area contributed by atoms with Gasteiger partial charge in [0.05, 0.1) is 50.2 Å². The number of alkyl halides is 1. The van der Waals surface area contributed by atoms with Crippen LogP contribution in [0, 0.1) is 68.0 Å². The second kappa shape index (κ2) is 64.8. The highest BCUT2D eigenvalue weighted by Gasteiger charge is 2.14. The minimum Gasteiger partial charge on any atom is -0.328 e. The zero-order valence-corrected chi connectivity index (χ0v) is 73.7. The fourth-order valence-electron chi connectivity index (χ4n) is 11.8. The van der Waals surface area contributed by atoms with E-state index < -0.39 is 14.5 Å². The van der Waals surface area contributed by atoms with Crippen molar-refractivity contribution in [3.8, 4) is 36.4 Å². The summed E-state index contributed by atoms with van der Waals surface area (Å²) >= 11 is 3.33. The van der Waals surface area contributed by atoms with Gasteiger partial charge in [-0.1, -0.05) is 318 Å². The summed E-state index contributed by atoms with van der Waals surface area (Å²) in [6.07, 6.45) is 56.5. The molecular formula is C105H113BrN6O6P2. The molecule has 15 heteroatoms. The van der Waals surface area contributed by atoms with Crippen molar-refractivity contribution in [3.63, 3.8) is 0 Å². The highest BCUT2D eigenvalue weighted by atomic mass is 79.9. The molecule has 0 saturated carbocycles. The standard InChI is InChI=1S/C19H19N.C17H17N.C17H18O.C12H14NOP.C10H8BrN.C10H9N.C8H8O.C7H10O.C5H10NO2P/c20-16-8-7-13-19(18-11-5-2-6-12-18)15-14-17-9-3-1-4-10-17;2*18-14-13-17(16-9-5-2-6-10-16)12-11-15-7-3-1-4-8-15;1-15(2,14)10-12(8-9-13)11-6-4-3-5-7-11;11-8-10(6-7-12)9-4-2-1-3-5-9;1-9(7-8-11)10-5-3-2-4-6-10;1-7(9)8-5-3-2-4-6-8;8-6-7-4-2-1-3-5-7;1-3-8-9(2,7)5-4-6/h2,5-9,11-15H,1,3-4,10H2;2,5-7,9-13H,1,3-4,8H2;2,5-7,9-14H,1,3-4,8H2;3-8H,10H2,1-2H3;1-6H,8H2;2-7H,1H3;2-6H,1H3;4,6H,1-3,5H2;3,5H2,1-2H3/b8-7+,15-14+,19-13-;12-11+,17-13-;12-11+,17-13+;12-8-;10-6+;9-7+;;;. The number of rotatable bonds is 22. The van der Waals surface area contributed by atoms with Crippen molar-refractivity contribution < 1.29 is 28.0 Å². The largest absolute Gasteiger partial charge is 0.328 e. The molecule has 0 amide bonds. The van der Waals surface area contributed by atoms with Gasteiger partial charge in [0.2, 0.25) is 7.37 Å². The third-order valence-corrected chi connectivity index (χ3v) is 21.3. The quantitative estimate of drug-likeness (QED) is 0.0117. The van der Waals surface area contributed by atoms with E-state index in [2.05, 4.69) is 82.7 Å². The fraction of sp³-hybridized carbons (Fsp3) is 0.248. The van der Waals surface area contributed by atoms with Gasteiger partial charge in [-0.3, -0.25) is 18.9 Å². The SMILES string of the molecule is C/C(=C\C#N)c1ccccc1.CC(=O)c1ccccc1.CCOP(C)(=O)CC#N.CP(C)(=O)C/C(=C/C#N)c1ccccc1.N#C/C=C(/C=C/C1=CCCCC1)c1ccccc1.N#C/C=C(\CBr)c1ccccc1.N#C/C=C/C=C(/C=C/C1=CCCCC1)c1ccccc1.O=C/C=C(\C=C\C1=CCCCC1)c1ccccc1.O=CC1=CCCCC1. The fourth-order valence-corrected chi connectivity index (χ4v) is 14.3. The lowest BCUT2D eigenvalue weighted by Gasteiger charge is -2.09. The highest BCUT2D eigenvalue weighted by Crippen LogP contribution is 2.42. The number of hydrogen-bond donors (Lipinski definition) is 0. The van der Waals surface area contributed by atoms with E-state index in [4.69, 9.17) is 36.1 Å². The molecule has 0 radical (unpaired) electrons. The molecule has 11 rings (SSSR count). The maximum absolute atomic E-state index is 11.7. The first-order valence-corrected chi connectivity index (χ1v) is 46.6. The summed E-state index contributed by atoms with van der Waals surface area (Å²) in [5.74, 6) is 0.121. The van der Waals surface area contributed by atoms with E-state index in [1.165, 1.54) is 118 Å². The highest BCUT2D eigenvalue weighted by molar-refractivity contribution is 9.09. The molecule has 7 aromatic carbocycles. The summed E-state index contributed by atoms with van der Waals surface area (Å²) in [5.41, 5.74) is 18.4. The van der Waals surface area contributed by atoms with Crippen LogP contribution in [0.3, 0.4) is 0 Å². The van der Waals surface area contributed by atoms with E-state index in [0.29, 0.717) is 18.1 Å². The molecule has 7 aromatic rings. The van der Waals surface area contributed by atoms with E-state index in [1.54, 1.807) is 63.6 Å². The molecule has 120 heavy (non-hydrogen) atoms. The van der Waals surface area contributed by atoms with Crippen LogP contribution in [0.2, 0.25) is 0 Å². The molecule has 0 saturated heterocycles. The van der Waals surface area contributed by atoms with Gasteiger partial charge in [0.25, 0.3) is 0 Å². The van der Waals surface area contributed by atoms with E-state index in [9.17, 15) is 23.5 Å². The lowest BCUT2D eigenvalue weighted by atomic mass is 9.97. The van der Waals surface area contributed by atoms with Crippen molar-refractivity contribution in [2.24, 2.45) is 0 Å². The second-order valence-corrected chi connectivity index (χ2v) is 34.7. The third-order valence-electron chi connectivity index (χ3n) is 18.0. The van der Waals surface area contributed by atoms with Crippen molar-refractivity contribution >= 4 is 82.2 Å². The van der Waals surface area contributed by atoms with E-state index >= 15 is 0 Å². The Labute approximate surface area is 724 Å². The molecule has 12 nitrogen and oxygen atoms in total. The first-order chi connectivity index (χ1) is 58.3. The van der Waals surface area contributed by atoms with Crippen molar-refractivity contribution in [3.05, 3.63) is 383 Å². The second-order valence-electron chi connectivity index (χ2n) is 28.1. The first-order valence-electron chi connectivity index (χ1n) is 40.4. The number of aldehydes is 2. The van der Waals surface area contributed by atoms with Gasteiger partial charge in [-0.25, -0.2) is 0 Å². The number of Topliss-reactive ketones (excluding diaryl/α,β-unsaturated/α-hetero) is 1. The molecule has 0 spiro atoms. The van der Waals surface area contributed by atoms with Crippen LogP contribution in [0.5, 0.6) is 0 Å². The smallest absolute Gasteiger partial charge is 0.213 e. The number of nitrogens with zero attached hydrogens (tertiary/aromatic N) is 6. The number of allylic oxidation sites excluding steroid dienone is 28. The lowest BCUT2D eigenvalue weighted by Crippen LogP contribution is -1.92. The summed E-state index contributed by atoms with van der Waals surface area (Å²) in [4.78, 5) is 31.5. The Kier molecular flexibility index (Phi) is 55.0. The summed E-state index contributed by atoms with van der Waals surface area (Å²) in [5, 5.41) is 51.8. The van der Waals surface area contributed by atoms with Crippen LogP contribution in [0.4, 0.5) is 0 Å². The average Bonchev–Trinajstić information content (AvgIpc) is 0.871. The summed E-state index contributed by atoms with van der Waals surface area (Å²) in [6.45, 7) is 10.6. The van der Waals surface area contributed by atoms with Crippen LogP contribution in [0.25, 0.3) is 33.4 Å². The Bertz CT molecular complexity index is 5060. The van der Waals surface area contributed by atoms with E-state index in [1.807, 2.05) is 250 Å². The van der Waals surface area contributed by atoms with Gasteiger partial charge in [0.15, 0.2) is 5.78 Å². The Balaban J connectivity index is 0.000000354. The number of ketones is 1.